The summed E-state index contributed by atoms with van der Waals surface area (Å²) in [5, 5.41) is 3.95. The predicted molar refractivity (Wildman–Crippen MR) is 106 cm³/mol. The maximum atomic E-state index is 13.2. The van der Waals surface area contributed by atoms with E-state index in [0.29, 0.717) is 17.2 Å². The van der Waals surface area contributed by atoms with Crippen LogP contribution in [0.25, 0.3) is 10.9 Å². The molecule has 25 heavy (non-hydrogen) atoms. The predicted octanol–water partition coefficient (Wildman–Crippen LogP) is 6.11. The van der Waals surface area contributed by atoms with Crippen LogP contribution < -0.4 is 11.1 Å². The number of fused-ring (bicyclic) bond motifs is 1. The van der Waals surface area contributed by atoms with Gasteiger partial charge in [-0.2, -0.15) is 0 Å². The maximum absolute atomic E-state index is 13.2. The largest absolute Gasteiger partial charge is 0.398 e. The number of nitrogens with two attached hydrogens (primary N) is 1. The number of nitrogens with one attached hydrogen (secondary N) is 1. The van der Waals surface area contributed by atoms with Gasteiger partial charge in [0.25, 0.3) is 0 Å². The smallest absolute Gasteiger partial charge is 0.141 e. The zero-order valence-electron chi connectivity index (χ0n) is 15.2. The SMILES string of the molecule is CC.CC.Cc1cc2ncnc(Nc3ccc(F)c(Cl)c3)c2cc1N. The van der Waals surface area contributed by atoms with Gasteiger partial charge in [-0.25, -0.2) is 14.4 Å². The molecule has 0 aliphatic rings. The highest BCUT2D eigenvalue weighted by molar-refractivity contribution is 6.31. The zero-order valence-corrected chi connectivity index (χ0v) is 15.9. The summed E-state index contributed by atoms with van der Waals surface area (Å²) in [5.41, 5.74) is 8.98. The zero-order chi connectivity index (χ0) is 19.0. The van der Waals surface area contributed by atoms with E-state index >= 15 is 0 Å². The quantitative estimate of drug-likeness (QED) is 0.540. The van der Waals surface area contributed by atoms with Gasteiger partial charge in [-0.1, -0.05) is 39.3 Å². The van der Waals surface area contributed by atoms with Gasteiger partial charge >= 0.3 is 0 Å². The number of anilines is 3. The van der Waals surface area contributed by atoms with E-state index in [9.17, 15) is 4.39 Å². The lowest BCUT2D eigenvalue weighted by Crippen LogP contribution is -1.98. The van der Waals surface area contributed by atoms with Gasteiger partial charge in [0.2, 0.25) is 0 Å². The first-order valence-electron chi connectivity index (χ1n) is 8.27. The van der Waals surface area contributed by atoms with Crippen LogP contribution in [0, 0.1) is 12.7 Å². The average Bonchev–Trinajstić information content (AvgIpc) is 2.63. The number of aromatic nitrogens is 2. The Balaban J connectivity index is 0.000000730. The Morgan fingerprint density at radius 2 is 1.72 bits per heavy atom. The van der Waals surface area contributed by atoms with Gasteiger partial charge in [-0.05, 0) is 42.8 Å². The normalized spacial score (nSPS) is 9.56. The monoisotopic (exact) mass is 362 g/mol. The van der Waals surface area contributed by atoms with E-state index in [1.54, 1.807) is 6.07 Å². The highest BCUT2D eigenvalue weighted by Gasteiger charge is 2.08. The van der Waals surface area contributed by atoms with E-state index in [1.165, 1.54) is 18.5 Å². The molecular weight excluding hydrogens is 339 g/mol. The molecule has 4 nitrogen and oxygen atoms in total. The number of aryl methyl sites for hydroxylation is 1. The van der Waals surface area contributed by atoms with Crippen LogP contribution in [0.2, 0.25) is 5.02 Å². The number of nitrogen functional groups attached to an aromatic ring is 1. The fourth-order valence-electron chi connectivity index (χ4n) is 2.03. The van der Waals surface area contributed by atoms with Crippen molar-refractivity contribution in [2.24, 2.45) is 0 Å². The maximum Gasteiger partial charge on any atom is 0.141 e. The van der Waals surface area contributed by atoms with E-state index in [0.717, 1.165) is 16.5 Å². The Kier molecular flexibility index (Phi) is 8.08. The highest BCUT2D eigenvalue weighted by Crippen LogP contribution is 2.28. The minimum atomic E-state index is -0.463. The number of benzene rings is 2. The molecule has 0 atom stereocenters. The van der Waals surface area contributed by atoms with Crippen molar-refractivity contribution in [1.29, 1.82) is 0 Å². The van der Waals surface area contributed by atoms with Crippen LogP contribution in [0.4, 0.5) is 21.6 Å². The molecule has 6 heteroatoms. The van der Waals surface area contributed by atoms with Gasteiger partial charge < -0.3 is 11.1 Å². The van der Waals surface area contributed by atoms with Crippen LogP contribution >= 0.6 is 11.6 Å². The summed E-state index contributed by atoms with van der Waals surface area (Å²) < 4.78 is 13.2. The number of nitrogens with zero attached hydrogens (tertiary/aromatic N) is 2. The number of rotatable bonds is 2. The second kappa shape index (κ2) is 9.79. The van der Waals surface area contributed by atoms with Crippen LogP contribution in [-0.4, -0.2) is 9.97 Å². The lowest BCUT2D eigenvalue weighted by atomic mass is 10.1. The molecule has 0 fully saturated rings. The second-order valence-corrected chi connectivity index (χ2v) is 5.11. The van der Waals surface area contributed by atoms with E-state index in [-0.39, 0.29) is 5.02 Å². The van der Waals surface area contributed by atoms with Crippen LogP contribution in [0.1, 0.15) is 33.3 Å². The van der Waals surface area contributed by atoms with Crippen molar-refractivity contribution in [2.45, 2.75) is 34.6 Å². The molecule has 1 aromatic heterocycles. The lowest BCUT2D eigenvalue weighted by Gasteiger charge is -2.10. The Hall–Kier alpha value is -2.40. The third-order valence-corrected chi connectivity index (χ3v) is 3.50. The number of hydrogen-bond donors (Lipinski definition) is 2. The molecular formula is C19H24ClFN4. The van der Waals surface area contributed by atoms with Gasteiger partial charge in [0.05, 0.1) is 10.5 Å². The highest BCUT2D eigenvalue weighted by atomic mass is 35.5. The molecule has 134 valence electrons. The summed E-state index contributed by atoms with van der Waals surface area (Å²) in [5.74, 6) is 0.129. The fourth-order valence-corrected chi connectivity index (χ4v) is 2.22. The molecule has 1 heterocycles. The third-order valence-electron chi connectivity index (χ3n) is 3.21. The molecule has 0 saturated carbocycles. The van der Waals surface area contributed by atoms with E-state index < -0.39 is 5.82 Å². The van der Waals surface area contributed by atoms with E-state index in [2.05, 4.69) is 15.3 Å². The molecule has 0 saturated heterocycles. The molecule has 0 aliphatic heterocycles. The summed E-state index contributed by atoms with van der Waals surface area (Å²) in [7, 11) is 0. The van der Waals surface area contributed by atoms with Gasteiger partial charge in [-0.3, -0.25) is 0 Å². The van der Waals surface area contributed by atoms with Crippen molar-refractivity contribution in [3.8, 4) is 0 Å². The van der Waals surface area contributed by atoms with Gasteiger partial charge in [-0.15, -0.1) is 0 Å². The summed E-state index contributed by atoms with van der Waals surface area (Å²) in [6, 6.07) is 8.11. The first-order valence-corrected chi connectivity index (χ1v) is 8.65. The van der Waals surface area contributed by atoms with Crippen molar-refractivity contribution < 1.29 is 4.39 Å². The van der Waals surface area contributed by atoms with Gasteiger partial charge in [0.1, 0.15) is 18.0 Å². The van der Waals surface area contributed by atoms with Gasteiger partial charge in [0, 0.05) is 16.8 Å². The summed E-state index contributed by atoms with van der Waals surface area (Å²) >= 11 is 5.78. The van der Waals surface area contributed by atoms with Crippen molar-refractivity contribution >= 4 is 39.7 Å². The molecule has 2 aromatic carbocycles. The molecule has 3 aromatic rings. The summed E-state index contributed by atoms with van der Waals surface area (Å²) in [6.07, 6.45) is 1.46. The third kappa shape index (κ3) is 5.03. The van der Waals surface area contributed by atoms with Crippen LogP contribution in [0.5, 0.6) is 0 Å². The van der Waals surface area contributed by atoms with Crippen molar-refractivity contribution in [2.75, 3.05) is 11.1 Å². The summed E-state index contributed by atoms with van der Waals surface area (Å²) in [4.78, 5) is 8.43. The summed E-state index contributed by atoms with van der Waals surface area (Å²) in [6.45, 7) is 9.92. The topological polar surface area (TPSA) is 63.8 Å². The Morgan fingerprint density at radius 3 is 2.36 bits per heavy atom. The molecule has 3 N–H and O–H groups in total. The lowest BCUT2D eigenvalue weighted by molar-refractivity contribution is 0.628. The van der Waals surface area contributed by atoms with Crippen LogP contribution in [0.3, 0.4) is 0 Å². The first kappa shape index (κ1) is 20.6. The molecule has 0 bridgehead atoms. The molecule has 0 aliphatic carbocycles. The molecule has 3 rings (SSSR count). The number of hydrogen-bond acceptors (Lipinski definition) is 4. The average molecular weight is 363 g/mol. The fraction of sp³-hybridized carbons (Fsp3) is 0.263. The first-order chi connectivity index (χ1) is 12.0. The minimum absolute atomic E-state index is 0.0497. The van der Waals surface area contributed by atoms with E-state index in [1.807, 2.05) is 46.8 Å². The van der Waals surface area contributed by atoms with Crippen LogP contribution in [-0.2, 0) is 0 Å². The van der Waals surface area contributed by atoms with Crippen molar-refractivity contribution in [3.63, 3.8) is 0 Å². The van der Waals surface area contributed by atoms with Gasteiger partial charge in [0.15, 0.2) is 0 Å². The molecule has 0 spiro atoms. The van der Waals surface area contributed by atoms with E-state index in [4.69, 9.17) is 17.3 Å². The Bertz CT molecular complexity index is 837. The van der Waals surface area contributed by atoms with Crippen molar-refractivity contribution in [3.05, 3.63) is 53.1 Å². The molecule has 0 amide bonds. The Labute approximate surface area is 153 Å². The standard InChI is InChI=1S/C15H12ClFN4.2C2H6/c1-8-4-14-10(6-13(8)18)15(20-7-19-14)21-9-2-3-12(17)11(16)5-9;2*1-2/h2-7H,18H2,1H3,(H,19,20,21);2*1-2H3. The molecule has 0 unspecified atom stereocenters. The second-order valence-electron chi connectivity index (χ2n) is 4.70. The van der Waals surface area contributed by atoms with Crippen LogP contribution in [0.15, 0.2) is 36.7 Å². The van der Waals surface area contributed by atoms with Crippen molar-refractivity contribution in [1.82, 2.24) is 9.97 Å². The molecule has 0 radical (unpaired) electrons. The Morgan fingerprint density at radius 1 is 1.04 bits per heavy atom. The minimum Gasteiger partial charge on any atom is -0.398 e. The number of halogens is 2.